The van der Waals surface area contributed by atoms with E-state index in [4.69, 9.17) is 0 Å². The Kier molecular flexibility index (Phi) is 7.42. The van der Waals surface area contributed by atoms with Gasteiger partial charge in [0.1, 0.15) is 0 Å². The topological polar surface area (TPSA) is 66.5 Å². The van der Waals surface area contributed by atoms with E-state index in [0.717, 1.165) is 22.2 Å². The second-order valence-electron chi connectivity index (χ2n) is 5.96. The van der Waals surface area contributed by atoms with Crippen molar-refractivity contribution in [1.29, 1.82) is 0 Å². The lowest BCUT2D eigenvalue weighted by Gasteiger charge is -2.32. The molecule has 1 N–H and O–H groups in total. The van der Waals surface area contributed by atoms with Gasteiger partial charge in [0.05, 0.1) is 10.8 Å². The Labute approximate surface area is 153 Å². The van der Waals surface area contributed by atoms with Crippen molar-refractivity contribution >= 4 is 38.5 Å². The number of likely N-dealkylation sites (tertiary alicyclic amines) is 1. The number of nitrogens with zero attached hydrogens (tertiary/aromatic N) is 1. The van der Waals surface area contributed by atoms with Crippen LogP contribution in [0.15, 0.2) is 33.6 Å². The molecule has 0 bridgehead atoms. The zero-order chi connectivity index (χ0) is 17.5. The van der Waals surface area contributed by atoms with E-state index in [2.05, 4.69) is 21.2 Å². The SMILES string of the molecule is CC(=O)NC1CCN(C(=O)CCCS(=O)c2ccc(Br)cc2)CC1. The fourth-order valence-corrected chi connectivity index (χ4v) is 4.12. The highest BCUT2D eigenvalue weighted by Crippen LogP contribution is 2.15. The maximum absolute atomic E-state index is 12.2. The Morgan fingerprint density at radius 3 is 2.46 bits per heavy atom. The molecule has 5 nitrogen and oxygen atoms in total. The van der Waals surface area contributed by atoms with Gasteiger partial charge in [-0.15, -0.1) is 0 Å². The van der Waals surface area contributed by atoms with E-state index in [1.807, 2.05) is 29.2 Å². The molecule has 2 rings (SSSR count). The van der Waals surface area contributed by atoms with Crippen LogP contribution in [0.1, 0.15) is 32.6 Å². The first kappa shape index (κ1) is 19.1. The van der Waals surface area contributed by atoms with Crippen LogP contribution in [0.3, 0.4) is 0 Å². The molecule has 2 amide bonds. The fraction of sp³-hybridized carbons (Fsp3) is 0.529. The van der Waals surface area contributed by atoms with E-state index >= 15 is 0 Å². The second-order valence-corrected chi connectivity index (χ2v) is 8.45. The van der Waals surface area contributed by atoms with Crippen LogP contribution in [-0.2, 0) is 20.4 Å². The minimum atomic E-state index is -1.06. The normalized spacial score (nSPS) is 16.7. The predicted molar refractivity (Wildman–Crippen MR) is 98.1 cm³/mol. The lowest BCUT2D eigenvalue weighted by Crippen LogP contribution is -2.46. The Hall–Kier alpha value is -1.21. The summed E-state index contributed by atoms with van der Waals surface area (Å²) < 4.78 is 13.1. The summed E-state index contributed by atoms with van der Waals surface area (Å²) in [6.45, 7) is 2.88. The monoisotopic (exact) mass is 414 g/mol. The maximum atomic E-state index is 12.2. The number of hydrogen-bond acceptors (Lipinski definition) is 3. The zero-order valence-corrected chi connectivity index (χ0v) is 16.2. The molecule has 7 heteroatoms. The molecule has 0 aliphatic carbocycles. The molecule has 0 spiro atoms. The predicted octanol–water partition coefficient (Wildman–Crippen LogP) is 2.46. The molecule has 0 saturated carbocycles. The van der Waals surface area contributed by atoms with Crippen LogP contribution in [0, 0.1) is 0 Å². The Bertz CT molecular complexity index is 598. The van der Waals surface area contributed by atoms with Gasteiger partial charge in [0.25, 0.3) is 0 Å². The molecule has 1 aliphatic rings. The van der Waals surface area contributed by atoms with Crippen molar-refractivity contribution in [2.75, 3.05) is 18.8 Å². The zero-order valence-electron chi connectivity index (χ0n) is 13.8. The summed E-state index contributed by atoms with van der Waals surface area (Å²) in [5, 5.41) is 2.90. The third kappa shape index (κ3) is 6.02. The van der Waals surface area contributed by atoms with Crippen molar-refractivity contribution in [2.45, 2.75) is 43.5 Å². The quantitative estimate of drug-likeness (QED) is 0.777. The molecule has 0 aromatic heterocycles. The van der Waals surface area contributed by atoms with Gasteiger partial charge in [-0.1, -0.05) is 15.9 Å². The van der Waals surface area contributed by atoms with E-state index in [1.165, 1.54) is 6.92 Å². The van der Waals surface area contributed by atoms with Gasteiger partial charge in [0, 0.05) is 47.6 Å². The van der Waals surface area contributed by atoms with Crippen LogP contribution < -0.4 is 5.32 Å². The van der Waals surface area contributed by atoms with E-state index in [1.54, 1.807) is 0 Å². The summed E-state index contributed by atoms with van der Waals surface area (Å²) in [5.41, 5.74) is 0. The first-order valence-electron chi connectivity index (χ1n) is 8.14. The number of nitrogens with one attached hydrogen (secondary N) is 1. The molecule has 132 valence electrons. The number of benzene rings is 1. The molecule has 1 heterocycles. The Balaban J connectivity index is 1.69. The summed E-state index contributed by atoms with van der Waals surface area (Å²) in [4.78, 5) is 25.9. The Morgan fingerprint density at radius 2 is 1.88 bits per heavy atom. The molecule has 1 saturated heterocycles. The average Bonchev–Trinajstić information content (AvgIpc) is 2.55. The highest BCUT2D eigenvalue weighted by Gasteiger charge is 2.22. The number of halogens is 1. The average molecular weight is 415 g/mol. The lowest BCUT2D eigenvalue weighted by molar-refractivity contribution is -0.132. The molecular formula is C17H23BrN2O3S. The number of hydrogen-bond donors (Lipinski definition) is 1. The smallest absolute Gasteiger partial charge is 0.222 e. The summed E-state index contributed by atoms with van der Waals surface area (Å²) in [6.07, 6.45) is 2.65. The van der Waals surface area contributed by atoms with Crippen molar-refractivity contribution < 1.29 is 13.8 Å². The van der Waals surface area contributed by atoms with Crippen LogP contribution in [0.5, 0.6) is 0 Å². The van der Waals surface area contributed by atoms with Gasteiger partial charge < -0.3 is 10.2 Å². The van der Waals surface area contributed by atoms with Crippen LogP contribution in [0.4, 0.5) is 0 Å². The number of carbonyl (C=O) groups is 2. The van der Waals surface area contributed by atoms with Gasteiger partial charge in [0.2, 0.25) is 11.8 Å². The molecule has 0 radical (unpaired) electrons. The summed E-state index contributed by atoms with van der Waals surface area (Å²) in [6, 6.07) is 7.61. The van der Waals surface area contributed by atoms with Crippen molar-refractivity contribution in [3.63, 3.8) is 0 Å². The number of carbonyl (C=O) groups excluding carboxylic acids is 2. The first-order chi connectivity index (χ1) is 11.5. The number of piperidine rings is 1. The van der Waals surface area contributed by atoms with E-state index in [0.29, 0.717) is 31.7 Å². The molecule has 1 aliphatic heterocycles. The van der Waals surface area contributed by atoms with Crippen LogP contribution >= 0.6 is 15.9 Å². The van der Waals surface area contributed by atoms with Gasteiger partial charge in [-0.3, -0.25) is 13.8 Å². The summed E-state index contributed by atoms with van der Waals surface area (Å²) in [7, 11) is -1.06. The second kappa shape index (κ2) is 9.32. The first-order valence-corrected chi connectivity index (χ1v) is 10.3. The van der Waals surface area contributed by atoms with Gasteiger partial charge in [-0.25, -0.2) is 0 Å². The van der Waals surface area contributed by atoms with Crippen molar-refractivity contribution in [3.05, 3.63) is 28.7 Å². The van der Waals surface area contributed by atoms with E-state index < -0.39 is 10.8 Å². The largest absolute Gasteiger partial charge is 0.353 e. The third-order valence-corrected chi connectivity index (χ3v) is 6.04. The minimum absolute atomic E-state index is 0.0183. The van der Waals surface area contributed by atoms with Crippen LogP contribution in [0.2, 0.25) is 0 Å². The van der Waals surface area contributed by atoms with Gasteiger partial charge in [-0.05, 0) is 43.5 Å². The molecule has 24 heavy (non-hydrogen) atoms. The molecule has 1 atom stereocenters. The van der Waals surface area contributed by atoms with Crippen molar-refractivity contribution in [3.8, 4) is 0 Å². The van der Waals surface area contributed by atoms with E-state index in [-0.39, 0.29) is 17.9 Å². The summed E-state index contributed by atoms with van der Waals surface area (Å²) >= 11 is 3.36. The van der Waals surface area contributed by atoms with Gasteiger partial charge in [-0.2, -0.15) is 0 Å². The standard InChI is InChI=1S/C17H23BrN2O3S/c1-13(21)19-15-8-10-20(11-9-15)17(22)3-2-12-24(23)16-6-4-14(18)5-7-16/h4-7,15H,2-3,8-12H2,1H3,(H,19,21). The lowest BCUT2D eigenvalue weighted by atomic mass is 10.0. The maximum Gasteiger partial charge on any atom is 0.222 e. The molecule has 1 aromatic rings. The Morgan fingerprint density at radius 1 is 1.25 bits per heavy atom. The number of amides is 2. The van der Waals surface area contributed by atoms with Gasteiger partial charge in [0.15, 0.2) is 0 Å². The van der Waals surface area contributed by atoms with Crippen LogP contribution in [-0.4, -0.2) is 45.8 Å². The molecular weight excluding hydrogens is 392 g/mol. The molecule has 1 aromatic carbocycles. The highest BCUT2D eigenvalue weighted by molar-refractivity contribution is 9.10. The molecule has 1 unspecified atom stereocenters. The minimum Gasteiger partial charge on any atom is -0.353 e. The molecule has 1 fully saturated rings. The van der Waals surface area contributed by atoms with Crippen LogP contribution in [0.25, 0.3) is 0 Å². The third-order valence-electron chi connectivity index (χ3n) is 4.05. The van der Waals surface area contributed by atoms with Gasteiger partial charge >= 0.3 is 0 Å². The van der Waals surface area contributed by atoms with Crippen molar-refractivity contribution in [2.24, 2.45) is 0 Å². The van der Waals surface area contributed by atoms with Crippen molar-refractivity contribution in [1.82, 2.24) is 10.2 Å². The summed E-state index contributed by atoms with van der Waals surface area (Å²) in [5.74, 6) is 0.592. The highest BCUT2D eigenvalue weighted by atomic mass is 79.9. The fourth-order valence-electron chi connectivity index (χ4n) is 2.78. The van der Waals surface area contributed by atoms with E-state index in [9.17, 15) is 13.8 Å². The number of rotatable bonds is 6.